The molecule has 0 aliphatic rings. The SMILES string of the molecule is CCCC[Si]([O])(OC)OC. The monoisotopic (exact) mass is 163 g/mol. The molecule has 0 N–H and O–H groups in total. The third-order valence-corrected chi connectivity index (χ3v) is 3.67. The van der Waals surface area contributed by atoms with Crippen LogP contribution in [0.25, 0.3) is 0 Å². The average molecular weight is 163 g/mol. The zero-order valence-electron chi connectivity index (χ0n) is 6.85. The highest BCUT2D eigenvalue weighted by Gasteiger charge is 2.35. The van der Waals surface area contributed by atoms with Crippen LogP contribution in [0, 0.1) is 0 Å². The molecule has 0 aliphatic carbocycles. The van der Waals surface area contributed by atoms with Gasteiger partial charge in [0.25, 0.3) is 0 Å². The first-order chi connectivity index (χ1) is 4.68. The number of hydrogen-bond donors (Lipinski definition) is 0. The predicted molar refractivity (Wildman–Crippen MR) is 40.2 cm³/mol. The van der Waals surface area contributed by atoms with Gasteiger partial charge in [-0.25, -0.2) is 4.80 Å². The van der Waals surface area contributed by atoms with E-state index in [4.69, 9.17) is 8.85 Å². The predicted octanol–water partition coefficient (Wildman–Crippen LogP) is 1.45. The Labute approximate surface area is 63.3 Å². The first kappa shape index (κ1) is 10.1. The van der Waals surface area contributed by atoms with Gasteiger partial charge in [-0.1, -0.05) is 13.3 Å². The lowest BCUT2D eigenvalue weighted by molar-refractivity contribution is 0.118. The molecule has 0 fully saturated rings. The van der Waals surface area contributed by atoms with Crippen molar-refractivity contribution in [3.8, 4) is 0 Å². The lowest BCUT2D eigenvalue weighted by Gasteiger charge is -2.16. The Kier molecular flexibility index (Phi) is 4.89. The smallest absolute Gasteiger partial charge is 0.376 e. The molecule has 10 heavy (non-hydrogen) atoms. The Morgan fingerprint density at radius 2 is 1.80 bits per heavy atom. The normalized spacial score (nSPS) is 12.0. The van der Waals surface area contributed by atoms with Gasteiger partial charge < -0.3 is 8.85 Å². The van der Waals surface area contributed by atoms with Gasteiger partial charge in [-0.2, -0.15) is 0 Å². The van der Waals surface area contributed by atoms with Crippen LogP contribution in [0.1, 0.15) is 19.8 Å². The molecule has 0 amide bonds. The average Bonchev–Trinajstić information content (AvgIpc) is 2.00. The van der Waals surface area contributed by atoms with Gasteiger partial charge in [-0.15, -0.1) is 0 Å². The number of hydrogen-bond acceptors (Lipinski definition) is 2. The van der Waals surface area contributed by atoms with E-state index in [0.717, 1.165) is 12.8 Å². The zero-order chi connectivity index (χ0) is 8.04. The van der Waals surface area contributed by atoms with Crippen LogP contribution in [0.5, 0.6) is 0 Å². The molecule has 0 heterocycles. The molecule has 0 atom stereocenters. The molecule has 0 saturated carbocycles. The summed E-state index contributed by atoms with van der Waals surface area (Å²) in [7, 11) is -0.110. The quantitative estimate of drug-likeness (QED) is 0.575. The maximum absolute atomic E-state index is 11.3. The second-order valence-electron chi connectivity index (χ2n) is 2.19. The second-order valence-corrected chi connectivity index (χ2v) is 4.88. The molecule has 0 spiro atoms. The number of unbranched alkanes of at least 4 members (excludes halogenated alkanes) is 1. The van der Waals surface area contributed by atoms with Crippen LogP contribution < -0.4 is 0 Å². The van der Waals surface area contributed by atoms with Gasteiger partial charge in [-0.3, -0.25) is 0 Å². The number of rotatable bonds is 5. The maximum Gasteiger partial charge on any atom is 0.528 e. The van der Waals surface area contributed by atoms with Gasteiger partial charge in [0, 0.05) is 20.3 Å². The molecule has 3 nitrogen and oxygen atoms in total. The Balaban J connectivity index is 3.58. The van der Waals surface area contributed by atoms with Crippen molar-refractivity contribution in [3.05, 3.63) is 0 Å². The summed E-state index contributed by atoms with van der Waals surface area (Å²) in [5.41, 5.74) is 0. The van der Waals surface area contributed by atoms with Gasteiger partial charge in [0.15, 0.2) is 0 Å². The summed E-state index contributed by atoms with van der Waals surface area (Å²) in [5.74, 6) is 0. The highest BCUT2D eigenvalue weighted by Crippen LogP contribution is 2.12. The summed E-state index contributed by atoms with van der Waals surface area (Å²) in [6.07, 6.45) is 1.92. The molecular weight excluding hydrogens is 148 g/mol. The van der Waals surface area contributed by atoms with Crippen LogP contribution in [0.2, 0.25) is 6.04 Å². The van der Waals surface area contributed by atoms with Crippen molar-refractivity contribution in [1.29, 1.82) is 0 Å². The Morgan fingerprint density at radius 3 is 2.10 bits per heavy atom. The molecule has 1 radical (unpaired) electrons. The van der Waals surface area contributed by atoms with E-state index in [-0.39, 0.29) is 0 Å². The second kappa shape index (κ2) is 4.84. The molecule has 0 aromatic rings. The van der Waals surface area contributed by atoms with E-state index in [1.807, 2.05) is 6.92 Å². The van der Waals surface area contributed by atoms with Crippen molar-refractivity contribution >= 4 is 8.80 Å². The van der Waals surface area contributed by atoms with Crippen molar-refractivity contribution in [2.24, 2.45) is 0 Å². The molecule has 0 unspecified atom stereocenters. The summed E-state index contributed by atoms with van der Waals surface area (Å²) in [5, 5.41) is 0. The van der Waals surface area contributed by atoms with Gasteiger partial charge in [-0.05, 0) is 6.42 Å². The van der Waals surface area contributed by atoms with Crippen molar-refractivity contribution in [2.75, 3.05) is 14.2 Å². The molecule has 61 valence electrons. The molecule has 0 bridgehead atoms. The van der Waals surface area contributed by atoms with Crippen LogP contribution in [0.15, 0.2) is 0 Å². The summed E-state index contributed by atoms with van der Waals surface area (Å²) >= 11 is 0. The lowest BCUT2D eigenvalue weighted by Crippen LogP contribution is -2.38. The first-order valence-corrected chi connectivity index (χ1v) is 5.42. The van der Waals surface area contributed by atoms with Crippen LogP contribution in [0.4, 0.5) is 0 Å². The maximum atomic E-state index is 11.3. The highest BCUT2D eigenvalue weighted by molar-refractivity contribution is 6.58. The fourth-order valence-corrected chi connectivity index (χ4v) is 2.04. The fraction of sp³-hybridized carbons (Fsp3) is 1.00. The van der Waals surface area contributed by atoms with Gasteiger partial charge >= 0.3 is 8.80 Å². The summed E-state index contributed by atoms with van der Waals surface area (Å²) in [6, 6.07) is 0.552. The van der Waals surface area contributed by atoms with Crippen molar-refractivity contribution in [1.82, 2.24) is 0 Å². The molecule has 0 aliphatic heterocycles. The topological polar surface area (TPSA) is 38.4 Å². The van der Waals surface area contributed by atoms with Gasteiger partial charge in [0.05, 0.1) is 0 Å². The zero-order valence-corrected chi connectivity index (χ0v) is 7.85. The molecule has 4 heteroatoms. The molecule has 0 aromatic heterocycles. The minimum atomic E-state index is -2.97. The summed E-state index contributed by atoms with van der Waals surface area (Å²) in [6.45, 7) is 2.04. The Hall–Kier alpha value is 0.0969. The van der Waals surface area contributed by atoms with E-state index in [0.29, 0.717) is 6.04 Å². The van der Waals surface area contributed by atoms with Crippen molar-refractivity contribution in [3.63, 3.8) is 0 Å². The van der Waals surface area contributed by atoms with Crippen LogP contribution >= 0.6 is 0 Å². The lowest BCUT2D eigenvalue weighted by atomic mass is 10.4. The summed E-state index contributed by atoms with van der Waals surface area (Å²) < 4.78 is 9.50. The summed E-state index contributed by atoms with van der Waals surface area (Å²) in [4.78, 5) is 11.3. The third-order valence-electron chi connectivity index (χ3n) is 1.46. The largest absolute Gasteiger partial charge is 0.528 e. The van der Waals surface area contributed by atoms with E-state index in [9.17, 15) is 4.80 Å². The molecule has 0 saturated heterocycles. The fourth-order valence-electron chi connectivity index (χ4n) is 0.681. The van der Waals surface area contributed by atoms with E-state index in [1.165, 1.54) is 14.2 Å². The van der Waals surface area contributed by atoms with Crippen molar-refractivity contribution < 1.29 is 13.6 Å². The van der Waals surface area contributed by atoms with Crippen LogP contribution in [-0.2, 0) is 13.6 Å². The molecular formula is C6H15O3Si. The van der Waals surface area contributed by atoms with E-state index in [2.05, 4.69) is 0 Å². The van der Waals surface area contributed by atoms with Crippen molar-refractivity contribution in [2.45, 2.75) is 25.8 Å². The van der Waals surface area contributed by atoms with Gasteiger partial charge in [0.1, 0.15) is 0 Å². The van der Waals surface area contributed by atoms with Gasteiger partial charge in [0.2, 0.25) is 0 Å². The van der Waals surface area contributed by atoms with Crippen LogP contribution in [-0.4, -0.2) is 23.0 Å². The molecule has 0 aromatic carbocycles. The van der Waals surface area contributed by atoms with E-state index >= 15 is 0 Å². The highest BCUT2D eigenvalue weighted by atomic mass is 28.4. The first-order valence-electron chi connectivity index (χ1n) is 3.49. The minimum Gasteiger partial charge on any atom is -0.376 e. The third kappa shape index (κ3) is 3.31. The molecule has 0 rings (SSSR count). The Bertz CT molecular complexity index is 83.1. The van der Waals surface area contributed by atoms with Crippen LogP contribution in [0.3, 0.4) is 0 Å². The minimum absolute atomic E-state index is 0.552. The van der Waals surface area contributed by atoms with E-state index < -0.39 is 8.80 Å². The Morgan fingerprint density at radius 1 is 1.30 bits per heavy atom. The van der Waals surface area contributed by atoms with E-state index in [1.54, 1.807) is 0 Å². The standard InChI is InChI=1S/C6H15O3Si/c1-4-5-6-10(7,8-2)9-3/h4-6H2,1-3H3.